The Morgan fingerprint density at radius 2 is 1.67 bits per heavy atom. The predicted octanol–water partition coefficient (Wildman–Crippen LogP) is 3.00. The number of ether oxygens (including phenoxy) is 1. The largest absolute Gasteiger partial charge is 0.461 e. The monoisotopic (exact) mass is 290 g/mol. The second-order valence-corrected chi connectivity index (χ2v) is 4.91. The lowest BCUT2D eigenvalue weighted by Gasteiger charge is -2.23. The van der Waals surface area contributed by atoms with Crippen LogP contribution in [0.2, 0.25) is 0 Å². The van der Waals surface area contributed by atoms with E-state index in [1.54, 1.807) is 0 Å². The summed E-state index contributed by atoms with van der Waals surface area (Å²) in [6, 6.07) is 8.10. The number of anilines is 1. The maximum absolute atomic E-state index is 12.1. The number of rotatable bonds is 7. The number of esters is 1. The maximum atomic E-state index is 12.1. The van der Waals surface area contributed by atoms with Gasteiger partial charge in [-0.25, -0.2) is 4.79 Å². The molecule has 0 atom stereocenters. The van der Waals surface area contributed by atoms with Gasteiger partial charge in [0.15, 0.2) is 0 Å². The molecule has 1 aromatic carbocycles. The molecule has 0 spiro atoms. The molecular formula is C17H26N2O2. The summed E-state index contributed by atoms with van der Waals surface area (Å²) in [5.41, 5.74) is 2.74. The molecule has 0 aliphatic carbocycles. The van der Waals surface area contributed by atoms with Gasteiger partial charge < -0.3 is 14.5 Å². The van der Waals surface area contributed by atoms with Crippen LogP contribution < -0.4 is 4.90 Å². The fourth-order valence-corrected chi connectivity index (χ4v) is 2.08. The van der Waals surface area contributed by atoms with E-state index < -0.39 is 0 Å². The van der Waals surface area contributed by atoms with Crippen molar-refractivity contribution in [3.05, 3.63) is 35.5 Å². The first kappa shape index (κ1) is 17.1. The van der Waals surface area contributed by atoms with Gasteiger partial charge in [0.1, 0.15) is 5.70 Å². The van der Waals surface area contributed by atoms with Gasteiger partial charge in [0.05, 0.1) is 6.61 Å². The minimum Gasteiger partial charge on any atom is -0.461 e. The standard InChI is InChI=1S/C17H26N2O2/c1-6-19(7-2)16(17(20)21-8-3)13-14-9-11-15(12-10-14)18(4)5/h9-13H,6-8H2,1-5H3/b16-13-. The first-order chi connectivity index (χ1) is 10.0. The lowest BCUT2D eigenvalue weighted by Crippen LogP contribution is -2.28. The van der Waals surface area contributed by atoms with Gasteiger partial charge in [0.25, 0.3) is 0 Å². The van der Waals surface area contributed by atoms with Crippen LogP contribution in [-0.2, 0) is 9.53 Å². The number of likely N-dealkylation sites (N-methyl/N-ethyl adjacent to an activating group) is 1. The molecule has 4 heteroatoms. The van der Waals surface area contributed by atoms with Crippen LogP contribution in [0.5, 0.6) is 0 Å². The van der Waals surface area contributed by atoms with E-state index in [1.165, 1.54) is 0 Å². The zero-order valence-electron chi connectivity index (χ0n) is 13.7. The van der Waals surface area contributed by atoms with E-state index in [9.17, 15) is 4.79 Å². The second-order valence-electron chi connectivity index (χ2n) is 4.91. The molecule has 0 amide bonds. The van der Waals surface area contributed by atoms with Gasteiger partial charge in [0.2, 0.25) is 0 Å². The van der Waals surface area contributed by atoms with Crippen LogP contribution in [-0.4, -0.2) is 44.7 Å². The Balaban J connectivity index is 3.08. The molecule has 21 heavy (non-hydrogen) atoms. The number of benzene rings is 1. The molecule has 0 heterocycles. The number of hydrogen-bond donors (Lipinski definition) is 0. The Morgan fingerprint density at radius 3 is 2.10 bits per heavy atom. The van der Waals surface area contributed by atoms with E-state index in [0.717, 1.165) is 24.3 Å². The number of hydrogen-bond acceptors (Lipinski definition) is 4. The van der Waals surface area contributed by atoms with Crippen molar-refractivity contribution < 1.29 is 9.53 Å². The Labute approximate surface area is 128 Å². The van der Waals surface area contributed by atoms with Gasteiger partial charge in [-0.15, -0.1) is 0 Å². The van der Waals surface area contributed by atoms with Crippen LogP contribution in [0.25, 0.3) is 6.08 Å². The summed E-state index contributed by atoms with van der Waals surface area (Å²) in [4.78, 5) is 16.2. The molecule has 0 saturated carbocycles. The van der Waals surface area contributed by atoms with E-state index in [0.29, 0.717) is 12.3 Å². The van der Waals surface area contributed by atoms with Crippen LogP contribution in [0.3, 0.4) is 0 Å². The number of nitrogens with zero attached hydrogens (tertiary/aromatic N) is 2. The zero-order valence-corrected chi connectivity index (χ0v) is 13.7. The molecule has 0 aromatic heterocycles. The highest BCUT2D eigenvalue weighted by molar-refractivity contribution is 5.93. The zero-order chi connectivity index (χ0) is 15.8. The molecular weight excluding hydrogens is 264 g/mol. The van der Waals surface area contributed by atoms with Gasteiger partial charge in [-0.1, -0.05) is 12.1 Å². The normalized spacial score (nSPS) is 11.2. The predicted molar refractivity (Wildman–Crippen MR) is 88.3 cm³/mol. The van der Waals surface area contributed by atoms with E-state index in [4.69, 9.17) is 4.74 Å². The average molecular weight is 290 g/mol. The lowest BCUT2D eigenvalue weighted by molar-refractivity contribution is -0.140. The average Bonchev–Trinajstić information content (AvgIpc) is 2.48. The number of carbonyl (C=O) groups is 1. The van der Waals surface area contributed by atoms with Gasteiger partial charge in [-0.2, -0.15) is 0 Å². The van der Waals surface area contributed by atoms with Crippen molar-refractivity contribution in [2.24, 2.45) is 0 Å². The maximum Gasteiger partial charge on any atom is 0.354 e. The molecule has 0 bridgehead atoms. The summed E-state index contributed by atoms with van der Waals surface area (Å²) >= 11 is 0. The van der Waals surface area contributed by atoms with Crippen molar-refractivity contribution in [1.29, 1.82) is 0 Å². The van der Waals surface area contributed by atoms with Crippen LogP contribution in [0.15, 0.2) is 30.0 Å². The molecule has 0 N–H and O–H groups in total. The topological polar surface area (TPSA) is 32.8 Å². The summed E-state index contributed by atoms with van der Waals surface area (Å²) in [5.74, 6) is -0.266. The van der Waals surface area contributed by atoms with Crippen molar-refractivity contribution >= 4 is 17.7 Å². The highest BCUT2D eigenvalue weighted by Crippen LogP contribution is 2.17. The Kier molecular flexibility index (Phi) is 6.79. The molecule has 1 rings (SSSR count). The molecule has 0 radical (unpaired) electrons. The van der Waals surface area contributed by atoms with Gasteiger partial charge in [-0.05, 0) is 44.5 Å². The first-order valence-electron chi connectivity index (χ1n) is 7.44. The number of carbonyl (C=O) groups excluding carboxylic acids is 1. The highest BCUT2D eigenvalue weighted by atomic mass is 16.5. The fraction of sp³-hybridized carbons (Fsp3) is 0.471. The van der Waals surface area contributed by atoms with Crippen molar-refractivity contribution in [2.45, 2.75) is 20.8 Å². The van der Waals surface area contributed by atoms with E-state index in [-0.39, 0.29) is 5.97 Å². The molecule has 0 aliphatic rings. The highest BCUT2D eigenvalue weighted by Gasteiger charge is 2.16. The SMILES string of the molecule is CCOC(=O)/C(=C/c1ccc(N(C)C)cc1)N(CC)CC. The van der Waals surface area contributed by atoms with Crippen molar-refractivity contribution in [3.63, 3.8) is 0 Å². The van der Waals surface area contributed by atoms with Crippen molar-refractivity contribution in [3.8, 4) is 0 Å². The van der Waals surface area contributed by atoms with Crippen molar-refractivity contribution in [2.75, 3.05) is 38.7 Å². The summed E-state index contributed by atoms with van der Waals surface area (Å²) in [7, 11) is 4.01. The van der Waals surface area contributed by atoms with E-state index in [1.807, 2.05) is 75.0 Å². The van der Waals surface area contributed by atoms with Crippen LogP contribution in [0.4, 0.5) is 5.69 Å². The third kappa shape index (κ3) is 4.81. The van der Waals surface area contributed by atoms with Gasteiger partial charge >= 0.3 is 5.97 Å². The summed E-state index contributed by atoms with van der Waals surface area (Å²) in [6.07, 6.45) is 1.89. The molecule has 4 nitrogen and oxygen atoms in total. The van der Waals surface area contributed by atoms with E-state index >= 15 is 0 Å². The molecule has 0 aliphatic heterocycles. The third-order valence-electron chi connectivity index (χ3n) is 3.30. The quantitative estimate of drug-likeness (QED) is 0.571. The van der Waals surface area contributed by atoms with Crippen LogP contribution in [0, 0.1) is 0 Å². The molecule has 0 saturated heterocycles. The second kappa shape index (κ2) is 8.35. The van der Waals surface area contributed by atoms with Crippen LogP contribution in [0.1, 0.15) is 26.3 Å². The van der Waals surface area contributed by atoms with Crippen LogP contribution >= 0.6 is 0 Å². The van der Waals surface area contributed by atoms with Gasteiger partial charge in [-0.3, -0.25) is 0 Å². The van der Waals surface area contributed by atoms with Gasteiger partial charge in [0, 0.05) is 32.9 Å². The minimum atomic E-state index is -0.266. The fourth-order valence-electron chi connectivity index (χ4n) is 2.08. The molecule has 0 unspecified atom stereocenters. The molecule has 116 valence electrons. The van der Waals surface area contributed by atoms with Crippen molar-refractivity contribution in [1.82, 2.24) is 4.90 Å². The molecule has 0 fully saturated rings. The third-order valence-corrected chi connectivity index (χ3v) is 3.30. The minimum absolute atomic E-state index is 0.266. The summed E-state index contributed by atoms with van der Waals surface area (Å²) in [5, 5.41) is 0. The molecule has 1 aromatic rings. The lowest BCUT2D eigenvalue weighted by atomic mass is 10.1. The first-order valence-corrected chi connectivity index (χ1v) is 7.44. The summed E-state index contributed by atoms with van der Waals surface area (Å²) in [6.45, 7) is 7.83. The van der Waals surface area contributed by atoms with E-state index in [2.05, 4.69) is 0 Å². The summed E-state index contributed by atoms with van der Waals surface area (Å²) < 4.78 is 5.17. The Hall–Kier alpha value is -1.97. The smallest absolute Gasteiger partial charge is 0.354 e. The Morgan fingerprint density at radius 1 is 1.10 bits per heavy atom. The Bertz CT molecular complexity index is 474.